The predicted molar refractivity (Wildman–Crippen MR) is 106 cm³/mol. The maximum Gasteiger partial charge on any atom is 0.496 e. The first-order valence-corrected chi connectivity index (χ1v) is 10.5. The highest BCUT2D eigenvalue weighted by molar-refractivity contribution is 7.99. The van der Waals surface area contributed by atoms with Crippen LogP contribution in [0.3, 0.4) is 0 Å². The van der Waals surface area contributed by atoms with E-state index in [1.165, 1.54) is 24.3 Å². The molecule has 0 aromatic carbocycles. The van der Waals surface area contributed by atoms with E-state index in [-0.39, 0.29) is 0 Å². The maximum atomic E-state index is 9.66. The normalized spacial score (nSPS) is 25.8. The Bertz CT molecular complexity index is 732. The topological polar surface area (TPSA) is 58.4 Å². The number of aromatic nitrogens is 1. The third-order valence-electron chi connectivity index (χ3n) is 6.29. The van der Waals surface area contributed by atoms with Gasteiger partial charge < -0.3 is 14.2 Å². The standard InChI is InChI=1S/C19H26BN3O2S/c1-17(2)18(3,4)25-20(24-17)15-8-14(9-21)16(22-10-15)23-11-19(12-23)6-5-7-26-13-19/h8,10H,5-7,11-13H2,1-4H3. The average molecular weight is 371 g/mol. The van der Waals surface area contributed by atoms with E-state index in [2.05, 4.69) is 27.7 Å². The monoisotopic (exact) mass is 371 g/mol. The Labute approximate surface area is 160 Å². The van der Waals surface area contributed by atoms with E-state index in [1.807, 2.05) is 33.8 Å². The average Bonchev–Trinajstić information content (AvgIpc) is 2.80. The first kappa shape index (κ1) is 18.2. The zero-order chi connectivity index (χ0) is 18.6. The molecule has 3 aliphatic rings. The van der Waals surface area contributed by atoms with Gasteiger partial charge in [0.1, 0.15) is 11.9 Å². The molecule has 3 aliphatic heterocycles. The second kappa shape index (κ2) is 6.15. The van der Waals surface area contributed by atoms with Crippen molar-refractivity contribution in [3.63, 3.8) is 0 Å². The van der Waals surface area contributed by atoms with Crippen LogP contribution in [0.2, 0.25) is 0 Å². The van der Waals surface area contributed by atoms with Gasteiger partial charge in [-0.3, -0.25) is 0 Å². The van der Waals surface area contributed by atoms with E-state index < -0.39 is 18.3 Å². The SMILES string of the molecule is CC1(C)OB(c2cnc(N3CC4(CCCSC4)C3)c(C#N)c2)OC1(C)C. The lowest BCUT2D eigenvalue weighted by Gasteiger charge is -2.52. The van der Waals surface area contributed by atoms with Gasteiger partial charge >= 0.3 is 7.12 Å². The molecule has 0 atom stereocenters. The molecule has 0 saturated carbocycles. The molecule has 7 heteroatoms. The van der Waals surface area contributed by atoms with Crippen LogP contribution in [0.4, 0.5) is 5.82 Å². The fourth-order valence-electron chi connectivity index (χ4n) is 3.99. The molecule has 1 aromatic rings. The van der Waals surface area contributed by atoms with Crippen molar-refractivity contribution in [3.8, 4) is 6.07 Å². The van der Waals surface area contributed by atoms with Crippen molar-refractivity contribution in [2.45, 2.75) is 51.7 Å². The zero-order valence-electron chi connectivity index (χ0n) is 16.0. The minimum atomic E-state index is -0.480. The van der Waals surface area contributed by atoms with E-state index in [9.17, 15) is 5.26 Å². The van der Waals surface area contributed by atoms with Crippen LogP contribution >= 0.6 is 11.8 Å². The fourth-order valence-corrected chi connectivity index (χ4v) is 5.24. The van der Waals surface area contributed by atoms with Crippen molar-refractivity contribution in [2.75, 3.05) is 29.5 Å². The number of nitriles is 1. The van der Waals surface area contributed by atoms with Gasteiger partial charge in [0, 0.05) is 35.9 Å². The molecular weight excluding hydrogens is 345 g/mol. The molecule has 0 unspecified atom stereocenters. The molecule has 4 heterocycles. The molecule has 1 spiro atoms. The van der Waals surface area contributed by atoms with E-state index in [1.54, 1.807) is 6.20 Å². The summed E-state index contributed by atoms with van der Waals surface area (Å²) in [6.07, 6.45) is 4.40. The van der Waals surface area contributed by atoms with Crippen LogP contribution in [0, 0.1) is 16.7 Å². The first-order valence-electron chi connectivity index (χ1n) is 9.34. The van der Waals surface area contributed by atoms with Gasteiger partial charge in [0.2, 0.25) is 0 Å². The van der Waals surface area contributed by atoms with Gasteiger partial charge in [0.25, 0.3) is 0 Å². The second-order valence-corrected chi connectivity index (χ2v) is 9.96. The molecule has 0 radical (unpaired) electrons. The Morgan fingerprint density at radius 3 is 2.50 bits per heavy atom. The molecule has 0 amide bonds. The lowest BCUT2D eigenvalue weighted by atomic mass is 9.76. The lowest BCUT2D eigenvalue weighted by molar-refractivity contribution is 0.00578. The van der Waals surface area contributed by atoms with E-state index in [0.29, 0.717) is 11.0 Å². The second-order valence-electron chi connectivity index (χ2n) is 8.85. The molecule has 3 fully saturated rings. The van der Waals surface area contributed by atoms with Gasteiger partial charge in [-0.25, -0.2) is 4.98 Å². The molecule has 5 nitrogen and oxygen atoms in total. The number of anilines is 1. The van der Waals surface area contributed by atoms with Crippen LogP contribution < -0.4 is 10.4 Å². The van der Waals surface area contributed by atoms with Crippen LogP contribution in [-0.4, -0.2) is 47.9 Å². The highest BCUT2D eigenvalue weighted by atomic mass is 32.2. The van der Waals surface area contributed by atoms with Gasteiger partial charge in [-0.15, -0.1) is 0 Å². The number of hydrogen-bond acceptors (Lipinski definition) is 6. The molecule has 138 valence electrons. The minimum Gasteiger partial charge on any atom is -0.399 e. The largest absolute Gasteiger partial charge is 0.496 e. The van der Waals surface area contributed by atoms with Crippen LogP contribution in [0.5, 0.6) is 0 Å². The maximum absolute atomic E-state index is 9.66. The van der Waals surface area contributed by atoms with Crippen molar-refractivity contribution in [1.29, 1.82) is 5.26 Å². The summed E-state index contributed by atoms with van der Waals surface area (Å²) in [6.45, 7) is 10.1. The highest BCUT2D eigenvalue weighted by Crippen LogP contribution is 2.44. The summed E-state index contributed by atoms with van der Waals surface area (Å²) in [5.41, 5.74) is 1.06. The molecule has 0 aliphatic carbocycles. The molecule has 1 aromatic heterocycles. The van der Waals surface area contributed by atoms with Gasteiger partial charge in [0.05, 0.1) is 16.8 Å². The van der Waals surface area contributed by atoms with Crippen LogP contribution in [0.25, 0.3) is 0 Å². The Kier molecular flexibility index (Phi) is 4.29. The summed E-state index contributed by atoms with van der Waals surface area (Å²) in [5, 5.41) is 9.66. The Morgan fingerprint density at radius 2 is 1.92 bits per heavy atom. The lowest BCUT2D eigenvalue weighted by Crippen LogP contribution is -2.59. The number of hydrogen-bond donors (Lipinski definition) is 0. The van der Waals surface area contributed by atoms with Gasteiger partial charge in [-0.1, -0.05) is 0 Å². The van der Waals surface area contributed by atoms with Crippen LogP contribution in [0.1, 0.15) is 46.1 Å². The number of nitrogens with zero attached hydrogens (tertiary/aromatic N) is 3. The minimum absolute atomic E-state index is 0.397. The van der Waals surface area contributed by atoms with E-state index in [4.69, 9.17) is 9.31 Å². The zero-order valence-corrected chi connectivity index (χ0v) is 16.9. The molecular formula is C19H26BN3O2S. The number of rotatable bonds is 2. The quantitative estimate of drug-likeness (QED) is 0.745. The van der Waals surface area contributed by atoms with Crippen molar-refractivity contribution < 1.29 is 9.31 Å². The van der Waals surface area contributed by atoms with Crippen molar-refractivity contribution in [3.05, 3.63) is 17.8 Å². The Hall–Kier alpha value is -1.23. The van der Waals surface area contributed by atoms with Gasteiger partial charge in [-0.05, 0) is 52.4 Å². The van der Waals surface area contributed by atoms with Gasteiger partial charge in [-0.2, -0.15) is 17.0 Å². The van der Waals surface area contributed by atoms with Crippen molar-refractivity contribution in [1.82, 2.24) is 4.98 Å². The number of thioether (sulfide) groups is 1. The predicted octanol–water partition coefficient (Wildman–Crippen LogP) is 2.59. The highest BCUT2D eigenvalue weighted by Gasteiger charge is 2.52. The van der Waals surface area contributed by atoms with Crippen LogP contribution in [0.15, 0.2) is 12.3 Å². The Balaban J connectivity index is 1.52. The van der Waals surface area contributed by atoms with E-state index in [0.717, 1.165) is 24.4 Å². The third kappa shape index (κ3) is 2.92. The summed E-state index contributed by atoms with van der Waals surface area (Å²) in [6, 6.07) is 4.20. The van der Waals surface area contributed by atoms with Crippen LogP contribution in [-0.2, 0) is 9.31 Å². The summed E-state index contributed by atoms with van der Waals surface area (Å²) in [7, 11) is -0.480. The summed E-state index contributed by atoms with van der Waals surface area (Å²) in [4.78, 5) is 6.87. The molecule has 4 rings (SSSR count). The van der Waals surface area contributed by atoms with Crippen molar-refractivity contribution >= 4 is 30.2 Å². The van der Waals surface area contributed by atoms with E-state index >= 15 is 0 Å². The molecule has 26 heavy (non-hydrogen) atoms. The fraction of sp³-hybridized carbons (Fsp3) is 0.684. The third-order valence-corrected chi connectivity index (χ3v) is 7.68. The first-order chi connectivity index (χ1) is 12.3. The summed E-state index contributed by atoms with van der Waals surface area (Å²) in [5.74, 6) is 3.32. The molecule has 0 bridgehead atoms. The van der Waals surface area contributed by atoms with Crippen molar-refractivity contribution in [2.24, 2.45) is 5.41 Å². The summed E-state index contributed by atoms with van der Waals surface area (Å²) < 4.78 is 12.2. The number of pyridine rings is 1. The Morgan fingerprint density at radius 1 is 1.23 bits per heavy atom. The smallest absolute Gasteiger partial charge is 0.399 e. The summed E-state index contributed by atoms with van der Waals surface area (Å²) >= 11 is 2.06. The molecule has 3 saturated heterocycles. The van der Waals surface area contributed by atoms with Gasteiger partial charge in [0.15, 0.2) is 0 Å². The molecule has 0 N–H and O–H groups in total.